The zero-order valence-electron chi connectivity index (χ0n) is 16.1. The van der Waals surface area contributed by atoms with Gasteiger partial charge in [0.25, 0.3) is 0 Å². The summed E-state index contributed by atoms with van der Waals surface area (Å²) in [4.78, 5) is 11.8. The predicted molar refractivity (Wildman–Crippen MR) is 103 cm³/mol. The molecule has 1 fully saturated rings. The van der Waals surface area contributed by atoms with E-state index in [1.807, 2.05) is 38.1 Å². The molecule has 0 heterocycles. The molecule has 1 aromatic rings. The third-order valence-corrected chi connectivity index (χ3v) is 4.88. The summed E-state index contributed by atoms with van der Waals surface area (Å²) in [6.07, 6.45) is 1.82. The summed E-state index contributed by atoms with van der Waals surface area (Å²) in [6.45, 7) is 11.1. The molecule has 0 bridgehead atoms. The van der Waals surface area contributed by atoms with Crippen molar-refractivity contribution in [1.82, 2.24) is 10.6 Å². The van der Waals surface area contributed by atoms with Crippen LogP contribution in [0.4, 0.5) is 10.5 Å². The fourth-order valence-electron chi connectivity index (χ4n) is 2.98. The number of nitrogens with one attached hydrogen (secondary N) is 3. The average molecular weight is 348 g/mol. The molecule has 1 aromatic carbocycles. The Balaban J connectivity index is 1.84. The molecular formula is C20H33N3O2. The van der Waals surface area contributed by atoms with Crippen LogP contribution in [0.25, 0.3) is 0 Å². The first-order chi connectivity index (χ1) is 11.7. The first kappa shape index (κ1) is 19.7. The second-order valence-corrected chi connectivity index (χ2v) is 8.27. The number of carbonyl (C=O) groups is 1. The summed E-state index contributed by atoms with van der Waals surface area (Å²) in [5.41, 5.74) is 1.76. The SMILES string of the molecule is CC(NCC(C)(C)C(O)C(C)C)c1ccc(NC(=O)NC2CC2)cc1. The third-order valence-electron chi connectivity index (χ3n) is 4.88. The van der Waals surface area contributed by atoms with Gasteiger partial charge in [0.05, 0.1) is 6.10 Å². The largest absolute Gasteiger partial charge is 0.392 e. The van der Waals surface area contributed by atoms with Gasteiger partial charge in [-0.05, 0) is 43.4 Å². The van der Waals surface area contributed by atoms with Crippen molar-refractivity contribution in [3.63, 3.8) is 0 Å². The van der Waals surface area contributed by atoms with Gasteiger partial charge in [0.1, 0.15) is 0 Å². The number of benzene rings is 1. The summed E-state index contributed by atoms with van der Waals surface area (Å²) >= 11 is 0. The van der Waals surface area contributed by atoms with Gasteiger partial charge in [0.2, 0.25) is 0 Å². The monoisotopic (exact) mass is 347 g/mol. The van der Waals surface area contributed by atoms with E-state index in [1.54, 1.807) is 0 Å². The maximum Gasteiger partial charge on any atom is 0.319 e. The summed E-state index contributed by atoms with van der Waals surface area (Å²) < 4.78 is 0. The molecule has 0 saturated heterocycles. The van der Waals surface area contributed by atoms with Crippen LogP contribution in [-0.2, 0) is 0 Å². The number of urea groups is 1. The van der Waals surface area contributed by atoms with E-state index in [2.05, 4.69) is 36.7 Å². The Hall–Kier alpha value is -1.59. The maximum absolute atomic E-state index is 11.8. The van der Waals surface area contributed by atoms with Crippen LogP contribution in [-0.4, -0.2) is 29.8 Å². The van der Waals surface area contributed by atoms with Gasteiger partial charge in [-0.15, -0.1) is 0 Å². The minimum atomic E-state index is -0.344. The lowest BCUT2D eigenvalue weighted by Crippen LogP contribution is -2.42. The van der Waals surface area contributed by atoms with E-state index < -0.39 is 0 Å². The van der Waals surface area contributed by atoms with Gasteiger partial charge < -0.3 is 21.1 Å². The Morgan fingerprint density at radius 3 is 2.32 bits per heavy atom. The Morgan fingerprint density at radius 1 is 1.20 bits per heavy atom. The number of aliphatic hydroxyl groups excluding tert-OH is 1. The van der Waals surface area contributed by atoms with Crippen molar-refractivity contribution in [2.75, 3.05) is 11.9 Å². The number of hydrogen-bond donors (Lipinski definition) is 4. The highest BCUT2D eigenvalue weighted by Crippen LogP contribution is 2.26. The van der Waals surface area contributed by atoms with Crippen molar-refractivity contribution in [3.05, 3.63) is 29.8 Å². The molecule has 1 aliphatic rings. The quantitative estimate of drug-likeness (QED) is 0.580. The van der Waals surface area contributed by atoms with Gasteiger partial charge >= 0.3 is 6.03 Å². The fourth-order valence-corrected chi connectivity index (χ4v) is 2.98. The smallest absolute Gasteiger partial charge is 0.319 e. The number of carbonyl (C=O) groups excluding carboxylic acids is 1. The molecule has 25 heavy (non-hydrogen) atoms. The molecule has 0 aromatic heterocycles. The van der Waals surface area contributed by atoms with Crippen LogP contribution in [0.2, 0.25) is 0 Å². The molecule has 2 rings (SSSR count). The number of hydrogen-bond acceptors (Lipinski definition) is 3. The molecule has 4 N–H and O–H groups in total. The molecule has 0 radical (unpaired) electrons. The van der Waals surface area contributed by atoms with E-state index in [0.29, 0.717) is 6.04 Å². The highest BCUT2D eigenvalue weighted by Gasteiger charge is 2.30. The highest BCUT2D eigenvalue weighted by atomic mass is 16.3. The van der Waals surface area contributed by atoms with Crippen LogP contribution in [0.1, 0.15) is 59.1 Å². The Bertz CT molecular complexity index is 565. The molecule has 2 atom stereocenters. The lowest BCUT2D eigenvalue weighted by Gasteiger charge is -2.34. The Kier molecular flexibility index (Phi) is 6.47. The normalized spacial score (nSPS) is 17.2. The fraction of sp³-hybridized carbons (Fsp3) is 0.650. The van der Waals surface area contributed by atoms with Gasteiger partial charge in [-0.1, -0.05) is 39.8 Å². The molecule has 140 valence electrons. The first-order valence-electron chi connectivity index (χ1n) is 9.28. The molecular weight excluding hydrogens is 314 g/mol. The maximum atomic E-state index is 11.8. The van der Waals surface area contributed by atoms with Crippen LogP contribution in [0, 0.1) is 11.3 Å². The number of rotatable bonds is 8. The van der Waals surface area contributed by atoms with Crippen molar-refractivity contribution in [1.29, 1.82) is 0 Å². The van der Waals surface area contributed by atoms with E-state index in [0.717, 1.165) is 30.6 Å². The highest BCUT2D eigenvalue weighted by molar-refractivity contribution is 5.89. The summed E-state index contributed by atoms with van der Waals surface area (Å²) in [7, 11) is 0. The van der Waals surface area contributed by atoms with Crippen LogP contribution in [0.3, 0.4) is 0 Å². The van der Waals surface area contributed by atoms with E-state index in [4.69, 9.17) is 0 Å². The van der Waals surface area contributed by atoms with Crippen molar-refractivity contribution in [2.45, 2.75) is 65.6 Å². The summed E-state index contributed by atoms with van der Waals surface area (Å²) in [5.74, 6) is 0.235. The molecule has 5 heteroatoms. The van der Waals surface area contributed by atoms with Crippen LogP contribution < -0.4 is 16.0 Å². The molecule has 1 saturated carbocycles. The summed E-state index contributed by atoms with van der Waals surface area (Å²) in [6, 6.07) is 8.29. The summed E-state index contributed by atoms with van der Waals surface area (Å²) in [5, 5.41) is 19.6. The van der Waals surface area contributed by atoms with Crippen LogP contribution in [0.15, 0.2) is 24.3 Å². The van der Waals surface area contributed by atoms with Gasteiger partial charge in [-0.25, -0.2) is 4.79 Å². The number of amides is 2. The number of anilines is 1. The van der Waals surface area contributed by atoms with E-state index >= 15 is 0 Å². The van der Waals surface area contributed by atoms with E-state index in [9.17, 15) is 9.90 Å². The predicted octanol–water partition coefficient (Wildman–Crippen LogP) is 3.66. The van der Waals surface area contributed by atoms with E-state index in [-0.39, 0.29) is 29.5 Å². The minimum absolute atomic E-state index is 0.133. The topological polar surface area (TPSA) is 73.4 Å². The molecule has 2 unspecified atom stereocenters. The van der Waals surface area contributed by atoms with Crippen molar-refractivity contribution >= 4 is 11.7 Å². The van der Waals surface area contributed by atoms with Gasteiger partial charge in [-0.3, -0.25) is 0 Å². The van der Waals surface area contributed by atoms with Crippen molar-refractivity contribution in [3.8, 4) is 0 Å². The third kappa shape index (κ3) is 6.01. The average Bonchev–Trinajstić information content (AvgIpc) is 3.36. The van der Waals surface area contributed by atoms with Gasteiger partial charge in [-0.2, -0.15) is 0 Å². The molecule has 0 aliphatic heterocycles. The van der Waals surface area contributed by atoms with Gasteiger partial charge in [0.15, 0.2) is 0 Å². The lowest BCUT2D eigenvalue weighted by atomic mass is 9.80. The Morgan fingerprint density at radius 2 is 1.80 bits per heavy atom. The van der Waals surface area contributed by atoms with E-state index in [1.165, 1.54) is 0 Å². The molecule has 2 amide bonds. The van der Waals surface area contributed by atoms with Crippen molar-refractivity contribution in [2.24, 2.45) is 11.3 Å². The van der Waals surface area contributed by atoms with Crippen LogP contribution in [0.5, 0.6) is 0 Å². The zero-order valence-corrected chi connectivity index (χ0v) is 16.1. The Labute approximate surface area is 151 Å². The first-order valence-corrected chi connectivity index (χ1v) is 9.28. The standard InChI is InChI=1S/C20H33N3O2/c1-13(2)18(24)20(4,5)12-21-14(3)15-6-8-16(9-7-15)22-19(25)23-17-10-11-17/h6-9,13-14,17-18,21,24H,10-12H2,1-5H3,(H2,22,23,25). The number of aliphatic hydroxyl groups is 1. The second-order valence-electron chi connectivity index (χ2n) is 8.27. The van der Waals surface area contributed by atoms with Crippen LogP contribution >= 0.6 is 0 Å². The zero-order chi connectivity index (χ0) is 18.6. The second kappa shape index (κ2) is 8.19. The minimum Gasteiger partial charge on any atom is -0.392 e. The molecule has 0 spiro atoms. The molecule has 1 aliphatic carbocycles. The molecule has 5 nitrogen and oxygen atoms in total. The van der Waals surface area contributed by atoms with Gasteiger partial charge in [0, 0.05) is 29.7 Å². The van der Waals surface area contributed by atoms with Crippen molar-refractivity contribution < 1.29 is 9.90 Å². The lowest BCUT2D eigenvalue weighted by molar-refractivity contribution is 0.0124.